The molecule has 4 heteroatoms. The fourth-order valence-electron chi connectivity index (χ4n) is 1.61. The second-order valence-electron chi connectivity index (χ2n) is 5.00. The molecule has 1 heterocycles. The lowest BCUT2D eigenvalue weighted by molar-refractivity contribution is 0.234. The first-order valence-electron chi connectivity index (χ1n) is 6.04. The fourth-order valence-corrected chi connectivity index (χ4v) is 1.61. The Morgan fingerprint density at radius 3 is 2.47 bits per heavy atom. The highest BCUT2D eigenvalue weighted by Gasteiger charge is 2.10. The van der Waals surface area contributed by atoms with Gasteiger partial charge in [0.05, 0.1) is 11.8 Å². The molecule has 2 N–H and O–H groups in total. The monoisotopic (exact) mass is 237 g/mol. The largest absolute Gasteiger partial charge is 0.473 e. The molecule has 0 amide bonds. The van der Waals surface area contributed by atoms with Crippen LogP contribution in [-0.4, -0.2) is 24.7 Å². The number of rotatable bonds is 5. The van der Waals surface area contributed by atoms with Gasteiger partial charge in [0, 0.05) is 13.6 Å². The van der Waals surface area contributed by atoms with Crippen molar-refractivity contribution in [2.75, 3.05) is 24.2 Å². The molecule has 1 aromatic heterocycles. The van der Waals surface area contributed by atoms with Gasteiger partial charge in [-0.15, -0.1) is 0 Å². The molecule has 0 radical (unpaired) electrons. The lowest BCUT2D eigenvalue weighted by atomic mass is 10.2. The van der Waals surface area contributed by atoms with Crippen LogP contribution >= 0.6 is 0 Å². The molecule has 0 aliphatic rings. The molecule has 4 nitrogen and oxygen atoms in total. The smallest absolute Gasteiger partial charge is 0.239 e. The van der Waals surface area contributed by atoms with Gasteiger partial charge < -0.3 is 15.4 Å². The van der Waals surface area contributed by atoms with Crippen molar-refractivity contribution >= 4 is 11.5 Å². The minimum absolute atomic E-state index is 0.0791. The number of nitrogen functional groups attached to an aromatic ring is 1. The highest BCUT2D eigenvalue weighted by Crippen LogP contribution is 2.23. The summed E-state index contributed by atoms with van der Waals surface area (Å²) in [5.74, 6) is 2.01. The molecule has 0 saturated heterocycles. The maximum Gasteiger partial charge on any atom is 0.239 e. The Kier molecular flexibility index (Phi) is 4.61. The maximum atomic E-state index is 5.83. The molecule has 0 aromatic carbocycles. The van der Waals surface area contributed by atoms with E-state index in [0.717, 1.165) is 12.4 Å². The summed E-state index contributed by atoms with van der Waals surface area (Å²) < 4.78 is 5.58. The Labute approximate surface area is 104 Å². The third-order valence-corrected chi connectivity index (χ3v) is 2.25. The number of hydrogen-bond acceptors (Lipinski definition) is 4. The average Bonchev–Trinajstić information content (AvgIpc) is 2.19. The van der Waals surface area contributed by atoms with Crippen LogP contribution in [0.15, 0.2) is 12.1 Å². The van der Waals surface area contributed by atoms with Gasteiger partial charge in [-0.05, 0) is 31.9 Å². The lowest BCUT2D eigenvalue weighted by Crippen LogP contribution is -2.23. The Morgan fingerprint density at radius 2 is 1.94 bits per heavy atom. The van der Waals surface area contributed by atoms with E-state index in [1.54, 1.807) is 0 Å². The standard InChI is InChI=1S/C13H23N3O/c1-9(2)8-16(5)12-7-6-11(14)13(15-12)17-10(3)4/h6-7,9-10H,8,14H2,1-5H3. The quantitative estimate of drug-likeness (QED) is 0.855. The third kappa shape index (κ3) is 4.13. The van der Waals surface area contributed by atoms with Crippen LogP contribution in [0.5, 0.6) is 5.88 Å². The van der Waals surface area contributed by atoms with Crippen molar-refractivity contribution < 1.29 is 4.74 Å². The Hall–Kier alpha value is -1.45. The van der Waals surface area contributed by atoms with Crippen LogP contribution in [0.1, 0.15) is 27.7 Å². The van der Waals surface area contributed by atoms with Crippen LogP contribution < -0.4 is 15.4 Å². The maximum absolute atomic E-state index is 5.83. The summed E-state index contributed by atoms with van der Waals surface area (Å²) >= 11 is 0. The van der Waals surface area contributed by atoms with Crippen LogP contribution in [0.2, 0.25) is 0 Å². The molecule has 0 saturated carbocycles. The summed E-state index contributed by atoms with van der Waals surface area (Å²) in [5.41, 5.74) is 6.42. The summed E-state index contributed by atoms with van der Waals surface area (Å²) in [6, 6.07) is 3.77. The highest BCUT2D eigenvalue weighted by molar-refractivity contribution is 5.54. The summed E-state index contributed by atoms with van der Waals surface area (Å²) in [6.07, 6.45) is 0.0791. The van der Waals surface area contributed by atoms with E-state index in [-0.39, 0.29) is 6.10 Å². The number of hydrogen-bond donors (Lipinski definition) is 1. The van der Waals surface area contributed by atoms with Gasteiger partial charge in [0.2, 0.25) is 5.88 Å². The topological polar surface area (TPSA) is 51.4 Å². The Morgan fingerprint density at radius 1 is 1.29 bits per heavy atom. The number of ether oxygens (including phenoxy) is 1. The van der Waals surface area contributed by atoms with E-state index in [1.165, 1.54) is 0 Å². The summed E-state index contributed by atoms with van der Waals surface area (Å²) in [7, 11) is 2.03. The SMILES string of the molecule is CC(C)CN(C)c1ccc(N)c(OC(C)C)n1. The number of nitrogens with zero attached hydrogens (tertiary/aromatic N) is 2. The zero-order chi connectivity index (χ0) is 13.0. The summed E-state index contributed by atoms with van der Waals surface area (Å²) in [6.45, 7) is 9.24. The van der Waals surface area contributed by atoms with E-state index in [0.29, 0.717) is 17.5 Å². The van der Waals surface area contributed by atoms with Gasteiger partial charge in [0.15, 0.2) is 0 Å². The molecule has 0 fully saturated rings. The number of nitrogens with two attached hydrogens (primary N) is 1. The minimum Gasteiger partial charge on any atom is -0.473 e. The van der Waals surface area contributed by atoms with Crippen LogP contribution in [-0.2, 0) is 0 Å². The Balaban J connectivity index is 2.87. The molecular formula is C13H23N3O. The van der Waals surface area contributed by atoms with E-state index < -0.39 is 0 Å². The first kappa shape index (κ1) is 13.6. The molecule has 96 valence electrons. The van der Waals surface area contributed by atoms with Gasteiger partial charge in [-0.2, -0.15) is 4.98 Å². The highest BCUT2D eigenvalue weighted by atomic mass is 16.5. The van der Waals surface area contributed by atoms with Gasteiger partial charge in [-0.1, -0.05) is 13.8 Å². The summed E-state index contributed by atoms with van der Waals surface area (Å²) in [4.78, 5) is 6.55. The normalized spacial score (nSPS) is 11.0. The van der Waals surface area contributed by atoms with Crippen LogP contribution in [0.25, 0.3) is 0 Å². The van der Waals surface area contributed by atoms with Gasteiger partial charge in [0.1, 0.15) is 5.82 Å². The van der Waals surface area contributed by atoms with Gasteiger partial charge in [-0.25, -0.2) is 0 Å². The van der Waals surface area contributed by atoms with E-state index in [1.807, 2.05) is 33.0 Å². The van der Waals surface area contributed by atoms with Crippen LogP contribution in [0.4, 0.5) is 11.5 Å². The second kappa shape index (κ2) is 5.75. The average molecular weight is 237 g/mol. The van der Waals surface area contributed by atoms with Crippen molar-refractivity contribution in [3.63, 3.8) is 0 Å². The predicted molar refractivity (Wildman–Crippen MR) is 72.5 cm³/mol. The number of aromatic nitrogens is 1. The molecule has 0 spiro atoms. The van der Waals surface area contributed by atoms with Crippen LogP contribution in [0, 0.1) is 5.92 Å². The zero-order valence-corrected chi connectivity index (χ0v) is 11.4. The summed E-state index contributed by atoms with van der Waals surface area (Å²) in [5, 5.41) is 0. The molecule has 1 aromatic rings. The number of anilines is 2. The van der Waals surface area contributed by atoms with Gasteiger partial charge in [-0.3, -0.25) is 0 Å². The van der Waals surface area contributed by atoms with Crippen molar-refractivity contribution in [2.45, 2.75) is 33.8 Å². The first-order valence-corrected chi connectivity index (χ1v) is 6.04. The second-order valence-corrected chi connectivity index (χ2v) is 5.00. The minimum atomic E-state index is 0.0791. The molecular weight excluding hydrogens is 214 g/mol. The molecule has 1 rings (SSSR count). The third-order valence-electron chi connectivity index (χ3n) is 2.25. The van der Waals surface area contributed by atoms with E-state index in [2.05, 4.69) is 23.7 Å². The van der Waals surface area contributed by atoms with Crippen molar-refractivity contribution in [3.05, 3.63) is 12.1 Å². The van der Waals surface area contributed by atoms with Gasteiger partial charge in [0.25, 0.3) is 0 Å². The number of pyridine rings is 1. The zero-order valence-electron chi connectivity index (χ0n) is 11.4. The Bertz CT molecular complexity index is 364. The van der Waals surface area contributed by atoms with E-state index in [9.17, 15) is 0 Å². The molecule has 0 atom stereocenters. The molecule has 0 aliphatic heterocycles. The van der Waals surface area contributed by atoms with Crippen LogP contribution in [0.3, 0.4) is 0 Å². The molecule has 0 unspecified atom stereocenters. The fraction of sp³-hybridized carbons (Fsp3) is 0.615. The first-order chi connectivity index (χ1) is 7.90. The van der Waals surface area contributed by atoms with Crippen molar-refractivity contribution in [1.29, 1.82) is 0 Å². The predicted octanol–water partition coefficient (Wildman–Crippen LogP) is 2.54. The molecule has 0 bridgehead atoms. The van der Waals surface area contributed by atoms with Crippen molar-refractivity contribution in [3.8, 4) is 5.88 Å². The van der Waals surface area contributed by atoms with Crippen molar-refractivity contribution in [2.24, 2.45) is 5.92 Å². The lowest BCUT2D eigenvalue weighted by Gasteiger charge is -2.21. The van der Waals surface area contributed by atoms with E-state index in [4.69, 9.17) is 10.5 Å². The van der Waals surface area contributed by atoms with Gasteiger partial charge >= 0.3 is 0 Å². The van der Waals surface area contributed by atoms with E-state index >= 15 is 0 Å². The molecule has 17 heavy (non-hydrogen) atoms. The molecule has 0 aliphatic carbocycles. The van der Waals surface area contributed by atoms with Crippen molar-refractivity contribution in [1.82, 2.24) is 4.98 Å².